The Hall–Kier alpha value is -1.40. The summed E-state index contributed by atoms with van der Waals surface area (Å²) in [5.74, 6) is -0.556. The minimum absolute atomic E-state index is 0.0289. The molecule has 0 bridgehead atoms. The molecule has 0 fully saturated rings. The number of nitrogen functional groups attached to an aromatic ring is 1. The van der Waals surface area contributed by atoms with Crippen molar-refractivity contribution in [2.75, 3.05) is 12.8 Å². The Morgan fingerprint density at radius 1 is 1.57 bits per heavy atom. The summed E-state index contributed by atoms with van der Waals surface area (Å²) in [6, 6.07) is 3.86. The van der Waals surface area contributed by atoms with Gasteiger partial charge in [-0.1, -0.05) is 0 Å². The van der Waals surface area contributed by atoms with Gasteiger partial charge in [-0.2, -0.15) is 0 Å². The molecule has 1 aromatic rings. The summed E-state index contributed by atoms with van der Waals surface area (Å²) in [5.41, 5.74) is 5.66. The van der Waals surface area contributed by atoms with Crippen molar-refractivity contribution in [3.8, 4) is 0 Å². The highest BCUT2D eigenvalue weighted by atomic mass is 32.2. The minimum atomic E-state index is -2.39. The van der Waals surface area contributed by atoms with Crippen LogP contribution in [0, 0.1) is 0 Å². The van der Waals surface area contributed by atoms with Gasteiger partial charge in [0.1, 0.15) is 0 Å². The average molecular weight is 214 g/mol. The number of carbonyl (C=O) groups excluding carboxylic acids is 1. The summed E-state index contributed by atoms with van der Waals surface area (Å²) in [5, 5.41) is 0. The van der Waals surface area contributed by atoms with E-state index >= 15 is 0 Å². The molecule has 0 radical (unpaired) electrons. The first-order valence-corrected chi connectivity index (χ1v) is 4.71. The zero-order valence-electron chi connectivity index (χ0n) is 7.35. The molecular formula is C8H8NO4S-. The molecule has 5 nitrogen and oxygen atoms in total. The fourth-order valence-electron chi connectivity index (χ4n) is 0.945. The van der Waals surface area contributed by atoms with Crippen molar-refractivity contribution in [2.24, 2.45) is 0 Å². The third-order valence-corrected chi connectivity index (χ3v) is 2.34. The fourth-order valence-corrected chi connectivity index (χ4v) is 1.38. The van der Waals surface area contributed by atoms with E-state index in [1.54, 1.807) is 0 Å². The van der Waals surface area contributed by atoms with Crippen LogP contribution < -0.4 is 5.73 Å². The first kappa shape index (κ1) is 10.7. The molecule has 1 unspecified atom stereocenters. The Kier molecular flexibility index (Phi) is 3.21. The van der Waals surface area contributed by atoms with Crippen LogP contribution in [0.4, 0.5) is 5.69 Å². The number of anilines is 1. The summed E-state index contributed by atoms with van der Waals surface area (Å²) in [4.78, 5) is 11.0. The lowest BCUT2D eigenvalue weighted by atomic mass is 10.2. The van der Waals surface area contributed by atoms with E-state index in [9.17, 15) is 13.6 Å². The number of methoxy groups -OCH3 is 1. The summed E-state index contributed by atoms with van der Waals surface area (Å²) >= 11 is -2.39. The second kappa shape index (κ2) is 4.21. The standard InChI is InChI=1S/C8H9NO4S/c1-13-8(10)5-2-3-7(14(11)12)6(9)4-5/h2-4H,9H2,1H3,(H,11,12)/p-1. The molecule has 0 heterocycles. The number of hydrogen-bond donors (Lipinski definition) is 1. The maximum Gasteiger partial charge on any atom is 0.337 e. The molecule has 0 saturated heterocycles. The molecule has 76 valence electrons. The predicted molar refractivity (Wildman–Crippen MR) is 49.4 cm³/mol. The molecule has 0 aliphatic carbocycles. The molecule has 14 heavy (non-hydrogen) atoms. The van der Waals surface area contributed by atoms with Gasteiger partial charge >= 0.3 is 5.97 Å². The first-order chi connectivity index (χ1) is 6.56. The maximum absolute atomic E-state index is 11.0. The van der Waals surface area contributed by atoms with E-state index in [0.717, 1.165) is 0 Å². The second-order valence-corrected chi connectivity index (χ2v) is 3.39. The number of nitrogens with two attached hydrogens (primary N) is 1. The summed E-state index contributed by atoms with van der Waals surface area (Å²) in [6.07, 6.45) is 0. The van der Waals surface area contributed by atoms with E-state index in [-0.39, 0.29) is 16.1 Å². The van der Waals surface area contributed by atoms with Crippen molar-refractivity contribution < 1.29 is 18.3 Å². The molecule has 1 rings (SSSR count). The number of carbonyl (C=O) groups is 1. The molecule has 0 aromatic heterocycles. The molecule has 2 N–H and O–H groups in total. The maximum atomic E-state index is 11.0. The second-order valence-electron chi connectivity index (χ2n) is 2.48. The number of esters is 1. The van der Waals surface area contributed by atoms with E-state index in [1.165, 1.54) is 25.3 Å². The number of hydrogen-bond acceptors (Lipinski definition) is 5. The Morgan fingerprint density at radius 2 is 2.21 bits per heavy atom. The van der Waals surface area contributed by atoms with E-state index in [4.69, 9.17) is 5.73 Å². The van der Waals surface area contributed by atoms with Crippen molar-refractivity contribution in [3.05, 3.63) is 23.8 Å². The van der Waals surface area contributed by atoms with Crippen molar-refractivity contribution in [2.45, 2.75) is 4.90 Å². The van der Waals surface area contributed by atoms with Gasteiger partial charge in [0.05, 0.1) is 12.7 Å². The Morgan fingerprint density at radius 3 is 2.64 bits per heavy atom. The van der Waals surface area contributed by atoms with Crippen LogP contribution in [0.3, 0.4) is 0 Å². The quantitative estimate of drug-likeness (QED) is 0.434. The lowest BCUT2D eigenvalue weighted by Gasteiger charge is -2.09. The zero-order valence-corrected chi connectivity index (χ0v) is 8.17. The van der Waals surface area contributed by atoms with Gasteiger partial charge in [-0.25, -0.2) is 4.79 Å². The molecular weight excluding hydrogens is 206 g/mol. The van der Waals surface area contributed by atoms with E-state index in [1.807, 2.05) is 0 Å². The van der Waals surface area contributed by atoms with Gasteiger partial charge in [-0.3, -0.25) is 4.21 Å². The van der Waals surface area contributed by atoms with E-state index in [0.29, 0.717) is 0 Å². The van der Waals surface area contributed by atoms with Crippen molar-refractivity contribution in [3.63, 3.8) is 0 Å². The summed E-state index contributed by atoms with van der Waals surface area (Å²) < 4.78 is 25.6. The average Bonchev–Trinajstić information content (AvgIpc) is 2.15. The smallest absolute Gasteiger partial charge is 0.337 e. The largest absolute Gasteiger partial charge is 0.768 e. The monoisotopic (exact) mass is 214 g/mol. The molecule has 6 heteroatoms. The summed E-state index contributed by atoms with van der Waals surface area (Å²) in [7, 11) is 1.23. The lowest BCUT2D eigenvalue weighted by Crippen LogP contribution is -2.04. The van der Waals surface area contributed by atoms with Crippen LogP contribution >= 0.6 is 0 Å². The van der Waals surface area contributed by atoms with Gasteiger partial charge in [0.25, 0.3) is 0 Å². The molecule has 1 aromatic carbocycles. The van der Waals surface area contributed by atoms with Crippen molar-refractivity contribution >= 4 is 22.7 Å². The van der Waals surface area contributed by atoms with Crippen LogP contribution in [-0.4, -0.2) is 21.8 Å². The number of rotatable bonds is 2. The highest BCUT2D eigenvalue weighted by molar-refractivity contribution is 7.79. The SMILES string of the molecule is COC(=O)c1ccc(S(=O)[O-])c(N)c1. The topological polar surface area (TPSA) is 92.5 Å². The van der Waals surface area contributed by atoms with Crippen LogP contribution in [0.1, 0.15) is 10.4 Å². The van der Waals surface area contributed by atoms with Crippen LogP contribution in [0.25, 0.3) is 0 Å². The molecule has 1 atom stereocenters. The lowest BCUT2D eigenvalue weighted by molar-refractivity contribution is 0.0600. The molecule has 0 aliphatic rings. The van der Waals surface area contributed by atoms with Crippen LogP contribution in [0.15, 0.2) is 23.1 Å². The van der Waals surface area contributed by atoms with Crippen LogP contribution in [-0.2, 0) is 15.8 Å². The molecule has 0 amide bonds. The van der Waals surface area contributed by atoms with Gasteiger partial charge in [0.15, 0.2) is 0 Å². The minimum Gasteiger partial charge on any atom is -0.768 e. The van der Waals surface area contributed by atoms with Gasteiger partial charge < -0.3 is 15.0 Å². The number of ether oxygens (including phenoxy) is 1. The molecule has 0 spiro atoms. The Bertz CT molecular complexity index is 391. The highest BCUT2D eigenvalue weighted by Crippen LogP contribution is 2.17. The Balaban J connectivity index is 3.12. The van der Waals surface area contributed by atoms with Crippen molar-refractivity contribution in [1.82, 2.24) is 0 Å². The van der Waals surface area contributed by atoms with Crippen LogP contribution in [0.2, 0.25) is 0 Å². The Labute approximate surface area is 83.2 Å². The van der Waals surface area contributed by atoms with Gasteiger partial charge in [0, 0.05) is 10.6 Å². The van der Waals surface area contributed by atoms with E-state index in [2.05, 4.69) is 4.74 Å². The highest BCUT2D eigenvalue weighted by Gasteiger charge is 2.07. The van der Waals surface area contributed by atoms with Crippen molar-refractivity contribution in [1.29, 1.82) is 0 Å². The van der Waals surface area contributed by atoms with Gasteiger partial charge in [-0.05, 0) is 29.3 Å². The normalized spacial score (nSPS) is 12.1. The summed E-state index contributed by atoms with van der Waals surface area (Å²) in [6.45, 7) is 0. The third kappa shape index (κ3) is 2.09. The first-order valence-electron chi connectivity index (χ1n) is 3.63. The predicted octanol–water partition coefficient (Wildman–Crippen LogP) is 0.293. The van der Waals surface area contributed by atoms with Gasteiger partial charge in [-0.15, -0.1) is 0 Å². The van der Waals surface area contributed by atoms with E-state index < -0.39 is 17.0 Å². The molecule has 0 saturated carbocycles. The molecule has 0 aliphatic heterocycles. The third-order valence-electron chi connectivity index (χ3n) is 1.61. The fraction of sp³-hybridized carbons (Fsp3) is 0.125. The van der Waals surface area contributed by atoms with Crippen LogP contribution in [0.5, 0.6) is 0 Å². The van der Waals surface area contributed by atoms with Gasteiger partial charge in [0.2, 0.25) is 0 Å². The zero-order chi connectivity index (χ0) is 10.7. The number of benzene rings is 1.